The number of para-hydroxylation sites is 1. The topological polar surface area (TPSA) is 33.6 Å². The van der Waals surface area contributed by atoms with Crippen molar-refractivity contribution in [1.29, 1.82) is 0 Å². The van der Waals surface area contributed by atoms with Crippen molar-refractivity contribution in [2.75, 3.05) is 13.1 Å². The molecule has 0 aliphatic carbocycles. The van der Waals surface area contributed by atoms with Crippen LogP contribution in [-0.2, 0) is 0 Å². The molecule has 0 unspecified atom stereocenters. The molecule has 24 heavy (non-hydrogen) atoms. The molecule has 0 atom stereocenters. The summed E-state index contributed by atoms with van der Waals surface area (Å²) in [6.45, 7) is 1.69. The molecule has 118 valence electrons. The van der Waals surface area contributed by atoms with Crippen LogP contribution in [0.4, 0.5) is 0 Å². The molecule has 4 rings (SSSR count). The van der Waals surface area contributed by atoms with Crippen molar-refractivity contribution in [3.05, 3.63) is 84.4 Å². The first kappa shape index (κ1) is 14.5. The molecular weight excluding hydrogens is 296 g/mol. The normalized spacial score (nSPS) is 13.2. The van der Waals surface area contributed by atoms with Gasteiger partial charge in [0.25, 0.3) is 0 Å². The second-order valence-electron chi connectivity index (χ2n) is 5.65. The lowest BCUT2D eigenvalue weighted by Gasteiger charge is -2.12. The third-order valence-electron chi connectivity index (χ3n) is 3.99. The molecule has 0 amide bonds. The van der Waals surface area contributed by atoms with Crippen LogP contribution in [0.3, 0.4) is 0 Å². The summed E-state index contributed by atoms with van der Waals surface area (Å²) < 4.78 is 6.16. The van der Waals surface area contributed by atoms with Gasteiger partial charge < -0.3 is 10.1 Å². The zero-order valence-corrected chi connectivity index (χ0v) is 13.3. The zero-order chi connectivity index (χ0) is 16.2. The Labute approximate surface area is 141 Å². The molecule has 0 fully saturated rings. The Bertz CT molecular complexity index is 872. The molecular formula is C21H18N2O. The van der Waals surface area contributed by atoms with Crippen LogP contribution in [0, 0.1) is 0 Å². The largest absolute Gasteiger partial charge is 0.457 e. The number of amidine groups is 1. The van der Waals surface area contributed by atoms with E-state index in [2.05, 4.69) is 34.6 Å². The molecule has 0 spiro atoms. The molecule has 0 radical (unpaired) electrons. The third-order valence-corrected chi connectivity index (χ3v) is 3.99. The van der Waals surface area contributed by atoms with Crippen LogP contribution in [0.2, 0.25) is 0 Å². The molecule has 3 aromatic rings. The molecule has 1 N–H and O–H groups in total. The van der Waals surface area contributed by atoms with Crippen molar-refractivity contribution in [3.63, 3.8) is 0 Å². The Kier molecular flexibility index (Phi) is 3.98. The van der Waals surface area contributed by atoms with Crippen molar-refractivity contribution in [2.45, 2.75) is 0 Å². The summed E-state index contributed by atoms with van der Waals surface area (Å²) in [5.41, 5.74) is 3.32. The summed E-state index contributed by atoms with van der Waals surface area (Å²) >= 11 is 0. The number of hydrogen-bond donors (Lipinski definition) is 1. The van der Waals surface area contributed by atoms with E-state index in [0.717, 1.165) is 41.6 Å². The summed E-state index contributed by atoms with van der Waals surface area (Å²) in [5.74, 6) is 2.54. The average molecular weight is 314 g/mol. The van der Waals surface area contributed by atoms with Gasteiger partial charge >= 0.3 is 0 Å². The van der Waals surface area contributed by atoms with Crippen LogP contribution < -0.4 is 10.1 Å². The minimum atomic E-state index is 0.813. The van der Waals surface area contributed by atoms with Gasteiger partial charge in [0, 0.05) is 6.54 Å². The molecule has 3 aromatic carbocycles. The average Bonchev–Trinajstić information content (AvgIpc) is 3.18. The first-order chi connectivity index (χ1) is 11.9. The molecule has 3 heteroatoms. The number of benzene rings is 3. The maximum absolute atomic E-state index is 6.16. The van der Waals surface area contributed by atoms with Gasteiger partial charge in [0.2, 0.25) is 0 Å². The molecule has 3 nitrogen and oxygen atoms in total. The van der Waals surface area contributed by atoms with Gasteiger partial charge in [0.1, 0.15) is 17.3 Å². The fourth-order valence-corrected chi connectivity index (χ4v) is 2.83. The van der Waals surface area contributed by atoms with Crippen molar-refractivity contribution in [1.82, 2.24) is 5.32 Å². The van der Waals surface area contributed by atoms with Gasteiger partial charge in [-0.3, -0.25) is 4.99 Å². The molecule has 0 saturated carbocycles. The van der Waals surface area contributed by atoms with E-state index in [4.69, 9.17) is 4.74 Å². The van der Waals surface area contributed by atoms with Gasteiger partial charge in [-0.2, -0.15) is 0 Å². The Morgan fingerprint density at radius 3 is 2.42 bits per heavy atom. The molecule has 1 aliphatic heterocycles. The fourth-order valence-electron chi connectivity index (χ4n) is 2.83. The molecule has 0 saturated heterocycles. The summed E-state index contributed by atoms with van der Waals surface area (Å²) in [6, 6.07) is 26.5. The highest BCUT2D eigenvalue weighted by molar-refractivity contribution is 6.02. The van der Waals surface area contributed by atoms with Crippen LogP contribution in [0.15, 0.2) is 83.9 Å². The second-order valence-corrected chi connectivity index (χ2v) is 5.65. The fraction of sp³-hybridized carbons (Fsp3) is 0.0952. The standard InChI is InChI=1S/C21H18N2O/c1-2-7-16(8-3-1)17-9-6-10-18(15-17)24-20-12-5-4-11-19(20)21-22-13-14-23-21/h1-12,15H,13-14H2,(H,22,23). The Hall–Kier alpha value is -3.07. The van der Waals surface area contributed by atoms with Crippen LogP contribution in [0.25, 0.3) is 11.1 Å². The molecule has 0 bridgehead atoms. The highest BCUT2D eigenvalue weighted by atomic mass is 16.5. The van der Waals surface area contributed by atoms with Gasteiger partial charge in [-0.05, 0) is 35.4 Å². The Morgan fingerprint density at radius 2 is 1.58 bits per heavy atom. The van der Waals surface area contributed by atoms with Crippen LogP contribution in [0.5, 0.6) is 11.5 Å². The van der Waals surface area contributed by atoms with E-state index in [1.54, 1.807) is 0 Å². The number of aliphatic imine (C=N–C) groups is 1. The zero-order valence-electron chi connectivity index (χ0n) is 13.3. The molecule has 1 aliphatic rings. The SMILES string of the molecule is c1ccc(-c2cccc(Oc3ccccc3C3=NCCN3)c2)cc1. The van der Waals surface area contributed by atoms with Crippen molar-refractivity contribution in [3.8, 4) is 22.6 Å². The third kappa shape index (κ3) is 3.01. The van der Waals surface area contributed by atoms with E-state index >= 15 is 0 Å². The summed E-state index contributed by atoms with van der Waals surface area (Å²) in [6.07, 6.45) is 0. The van der Waals surface area contributed by atoms with Crippen molar-refractivity contribution in [2.24, 2.45) is 4.99 Å². The van der Waals surface area contributed by atoms with Crippen LogP contribution in [-0.4, -0.2) is 18.9 Å². The van der Waals surface area contributed by atoms with E-state index in [1.807, 2.05) is 54.6 Å². The lowest BCUT2D eigenvalue weighted by Crippen LogP contribution is -2.19. The van der Waals surface area contributed by atoms with Gasteiger partial charge in [-0.1, -0.05) is 54.6 Å². The highest BCUT2D eigenvalue weighted by Crippen LogP contribution is 2.29. The minimum absolute atomic E-state index is 0.813. The minimum Gasteiger partial charge on any atom is -0.457 e. The maximum atomic E-state index is 6.16. The number of nitrogens with zero attached hydrogens (tertiary/aromatic N) is 1. The number of hydrogen-bond acceptors (Lipinski definition) is 3. The first-order valence-electron chi connectivity index (χ1n) is 8.11. The summed E-state index contributed by atoms with van der Waals surface area (Å²) in [5, 5.41) is 3.31. The van der Waals surface area contributed by atoms with Crippen molar-refractivity contribution >= 4 is 5.84 Å². The lowest BCUT2D eigenvalue weighted by atomic mass is 10.1. The smallest absolute Gasteiger partial charge is 0.138 e. The number of rotatable bonds is 4. The van der Waals surface area contributed by atoms with Crippen LogP contribution in [0.1, 0.15) is 5.56 Å². The van der Waals surface area contributed by atoms with E-state index < -0.39 is 0 Å². The maximum Gasteiger partial charge on any atom is 0.138 e. The quantitative estimate of drug-likeness (QED) is 0.769. The molecule has 0 aromatic heterocycles. The van der Waals surface area contributed by atoms with E-state index in [-0.39, 0.29) is 0 Å². The van der Waals surface area contributed by atoms with Gasteiger partial charge in [-0.15, -0.1) is 0 Å². The van der Waals surface area contributed by atoms with Crippen LogP contribution >= 0.6 is 0 Å². The van der Waals surface area contributed by atoms with E-state index in [9.17, 15) is 0 Å². The number of ether oxygens (including phenoxy) is 1. The Balaban J connectivity index is 1.65. The van der Waals surface area contributed by atoms with E-state index in [1.165, 1.54) is 5.56 Å². The van der Waals surface area contributed by atoms with Gasteiger partial charge in [-0.25, -0.2) is 0 Å². The summed E-state index contributed by atoms with van der Waals surface area (Å²) in [4.78, 5) is 4.50. The Morgan fingerprint density at radius 1 is 0.792 bits per heavy atom. The predicted octanol–water partition coefficient (Wildman–Crippen LogP) is 4.50. The second kappa shape index (κ2) is 6.59. The highest BCUT2D eigenvalue weighted by Gasteiger charge is 2.13. The monoisotopic (exact) mass is 314 g/mol. The van der Waals surface area contributed by atoms with Gasteiger partial charge in [0.15, 0.2) is 0 Å². The van der Waals surface area contributed by atoms with Gasteiger partial charge in [0.05, 0.1) is 12.1 Å². The first-order valence-corrected chi connectivity index (χ1v) is 8.11. The predicted molar refractivity (Wildman–Crippen MR) is 97.8 cm³/mol. The number of nitrogens with one attached hydrogen (secondary N) is 1. The lowest BCUT2D eigenvalue weighted by molar-refractivity contribution is 0.481. The molecule has 1 heterocycles. The summed E-state index contributed by atoms with van der Waals surface area (Å²) in [7, 11) is 0. The van der Waals surface area contributed by atoms with E-state index in [0.29, 0.717) is 0 Å². The van der Waals surface area contributed by atoms with Crippen molar-refractivity contribution < 1.29 is 4.74 Å².